The van der Waals surface area contributed by atoms with Crippen molar-refractivity contribution < 1.29 is 0 Å². The fraction of sp³-hybridized carbons (Fsp3) is 0.444. The Morgan fingerprint density at radius 3 is 3.33 bits per heavy atom. The van der Waals surface area contributed by atoms with Gasteiger partial charge < -0.3 is 11.1 Å². The van der Waals surface area contributed by atoms with Crippen LogP contribution in [0.3, 0.4) is 0 Å². The molecular weight excluding hydrogens is 150 g/mol. The van der Waals surface area contributed by atoms with Crippen LogP contribution < -0.4 is 11.1 Å². The second kappa shape index (κ2) is 2.75. The SMILES string of the molecule is CC1C[C@H](N)c2ncccc2N1. The summed E-state index contributed by atoms with van der Waals surface area (Å²) >= 11 is 0. The summed E-state index contributed by atoms with van der Waals surface area (Å²) in [6.07, 6.45) is 2.75. The number of rotatable bonds is 0. The summed E-state index contributed by atoms with van der Waals surface area (Å²) in [7, 11) is 0. The molecule has 0 bridgehead atoms. The topological polar surface area (TPSA) is 50.9 Å². The molecule has 3 heteroatoms. The second-order valence-corrected chi connectivity index (χ2v) is 3.32. The van der Waals surface area contributed by atoms with Gasteiger partial charge in [0, 0.05) is 12.2 Å². The van der Waals surface area contributed by atoms with Gasteiger partial charge in [-0.25, -0.2) is 0 Å². The lowest BCUT2D eigenvalue weighted by molar-refractivity contribution is 0.557. The van der Waals surface area contributed by atoms with E-state index in [1.165, 1.54) is 0 Å². The van der Waals surface area contributed by atoms with Crippen LogP contribution in [0, 0.1) is 0 Å². The molecule has 12 heavy (non-hydrogen) atoms. The standard InChI is InChI=1S/C9H13N3/c1-6-5-7(10)9-8(12-6)3-2-4-11-9/h2-4,6-7,12H,5,10H2,1H3/t6?,7-/m0/s1. The zero-order valence-corrected chi connectivity index (χ0v) is 7.12. The normalized spacial score (nSPS) is 27.5. The first-order valence-electron chi connectivity index (χ1n) is 4.24. The van der Waals surface area contributed by atoms with Gasteiger partial charge in [0.2, 0.25) is 0 Å². The summed E-state index contributed by atoms with van der Waals surface area (Å²) in [6, 6.07) is 4.50. The van der Waals surface area contributed by atoms with Crippen LogP contribution in [0.2, 0.25) is 0 Å². The Labute approximate surface area is 72.0 Å². The van der Waals surface area contributed by atoms with Crippen molar-refractivity contribution in [3.63, 3.8) is 0 Å². The van der Waals surface area contributed by atoms with Crippen molar-refractivity contribution >= 4 is 5.69 Å². The molecule has 2 atom stereocenters. The summed E-state index contributed by atoms with van der Waals surface area (Å²) in [5, 5.41) is 3.35. The maximum Gasteiger partial charge on any atom is 0.0802 e. The molecule has 1 aromatic heterocycles. The van der Waals surface area contributed by atoms with Gasteiger partial charge >= 0.3 is 0 Å². The van der Waals surface area contributed by atoms with Crippen molar-refractivity contribution in [1.82, 2.24) is 4.98 Å². The Morgan fingerprint density at radius 2 is 2.50 bits per heavy atom. The summed E-state index contributed by atoms with van der Waals surface area (Å²) in [5.41, 5.74) is 8.02. The van der Waals surface area contributed by atoms with Gasteiger partial charge in [0.05, 0.1) is 17.4 Å². The minimum Gasteiger partial charge on any atom is -0.381 e. The molecule has 0 fully saturated rings. The van der Waals surface area contributed by atoms with Crippen molar-refractivity contribution in [2.24, 2.45) is 5.73 Å². The Balaban J connectivity index is 2.40. The van der Waals surface area contributed by atoms with Gasteiger partial charge in [0.25, 0.3) is 0 Å². The smallest absolute Gasteiger partial charge is 0.0802 e. The number of aromatic nitrogens is 1. The predicted octanol–water partition coefficient (Wildman–Crippen LogP) is 1.29. The Morgan fingerprint density at radius 1 is 1.67 bits per heavy atom. The van der Waals surface area contributed by atoms with Crippen molar-refractivity contribution in [3.8, 4) is 0 Å². The minimum absolute atomic E-state index is 0.0949. The summed E-state index contributed by atoms with van der Waals surface area (Å²) in [5.74, 6) is 0. The predicted molar refractivity (Wildman–Crippen MR) is 48.9 cm³/mol. The van der Waals surface area contributed by atoms with Crippen LogP contribution in [0.25, 0.3) is 0 Å². The highest BCUT2D eigenvalue weighted by Crippen LogP contribution is 2.28. The largest absolute Gasteiger partial charge is 0.381 e. The Kier molecular flexibility index (Phi) is 1.73. The molecule has 0 aliphatic carbocycles. The Bertz CT molecular complexity index is 285. The van der Waals surface area contributed by atoms with Gasteiger partial charge in [-0.1, -0.05) is 0 Å². The van der Waals surface area contributed by atoms with E-state index in [0.29, 0.717) is 6.04 Å². The number of fused-ring (bicyclic) bond motifs is 1. The molecule has 3 N–H and O–H groups in total. The van der Waals surface area contributed by atoms with E-state index in [4.69, 9.17) is 5.73 Å². The van der Waals surface area contributed by atoms with Crippen LogP contribution in [-0.2, 0) is 0 Å². The van der Waals surface area contributed by atoms with Gasteiger partial charge in [-0.3, -0.25) is 4.98 Å². The first-order valence-corrected chi connectivity index (χ1v) is 4.24. The molecule has 1 unspecified atom stereocenters. The molecule has 2 rings (SSSR count). The van der Waals surface area contributed by atoms with E-state index in [9.17, 15) is 0 Å². The summed E-state index contributed by atoms with van der Waals surface area (Å²) < 4.78 is 0. The van der Waals surface area contributed by atoms with E-state index in [1.54, 1.807) is 6.20 Å². The highest BCUT2D eigenvalue weighted by atomic mass is 15.0. The zero-order chi connectivity index (χ0) is 8.55. The van der Waals surface area contributed by atoms with Crippen molar-refractivity contribution in [2.45, 2.75) is 25.4 Å². The van der Waals surface area contributed by atoms with Gasteiger partial charge in [-0.2, -0.15) is 0 Å². The van der Waals surface area contributed by atoms with Crippen LogP contribution in [0.5, 0.6) is 0 Å². The molecule has 0 saturated heterocycles. The molecule has 64 valence electrons. The summed E-state index contributed by atoms with van der Waals surface area (Å²) in [6.45, 7) is 2.13. The molecule has 1 aromatic rings. The highest BCUT2D eigenvalue weighted by molar-refractivity contribution is 5.51. The molecule has 0 saturated carbocycles. The van der Waals surface area contributed by atoms with Crippen LogP contribution in [0.15, 0.2) is 18.3 Å². The molecular formula is C9H13N3. The second-order valence-electron chi connectivity index (χ2n) is 3.32. The molecule has 1 aliphatic rings. The molecule has 1 aliphatic heterocycles. The molecule has 3 nitrogen and oxygen atoms in total. The highest BCUT2D eigenvalue weighted by Gasteiger charge is 2.21. The lowest BCUT2D eigenvalue weighted by atomic mass is 9.99. The molecule has 2 heterocycles. The number of nitrogens with two attached hydrogens (primary N) is 1. The first kappa shape index (κ1) is 7.55. The fourth-order valence-electron chi connectivity index (χ4n) is 1.65. The lowest BCUT2D eigenvalue weighted by Crippen LogP contribution is -2.30. The van der Waals surface area contributed by atoms with E-state index >= 15 is 0 Å². The molecule has 0 aromatic carbocycles. The Hall–Kier alpha value is -1.09. The number of pyridine rings is 1. The van der Waals surface area contributed by atoms with E-state index in [-0.39, 0.29) is 6.04 Å². The van der Waals surface area contributed by atoms with Crippen LogP contribution in [0.1, 0.15) is 25.1 Å². The van der Waals surface area contributed by atoms with Crippen LogP contribution in [0.4, 0.5) is 5.69 Å². The zero-order valence-electron chi connectivity index (χ0n) is 7.12. The van der Waals surface area contributed by atoms with E-state index < -0.39 is 0 Å². The maximum absolute atomic E-state index is 5.93. The van der Waals surface area contributed by atoms with Gasteiger partial charge in [0.1, 0.15) is 0 Å². The number of hydrogen-bond acceptors (Lipinski definition) is 3. The fourth-order valence-corrected chi connectivity index (χ4v) is 1.65. The average Bonchev–Trinajstić information content (AvgIpc) is 2.04. The number of anilines is 1. The number of nitrogens with zero attached hydrogens (tertiary/aromatic N) is 1. The third-order valence-electron chi connectivity index (χ3n) is 2.20. The summed E-state index contributed by atoms with van der Waals surface area (Å²) in [4.78, 5) is 4.25. The quantitative estimate of drug-likeness (QED) is 0.606. The molecule has 0 spiro atoms. The van der Waals surface area contributed by atoms with Crippen molar-refractivity contribution in [3.05, 3.63) is 24.0 Å². The van der Waals surface area contributed by atoms with Gasteiger partial charge in [-0.05, 0) is 25.5 Å². The van der Waals surface area contributed by atoms with Crippen LogP contribution in [-0.4, -0.2) is 11.0 Å². The van der Waals surface area contributed by atoms with E-state index in [1.807, 2.05) is 12.1 Å². The first-order chi connectivity index (χ1) is 5.77. The maximum atomic E-state index is 5.93. The van der Waals surface area contributed by atoms with E-state index in [2.05, 4.69) is 17.2 Å². The third-order valence-corrected chi connectivity index (χ3v) is 2.20. The van der Waals surface area contributed by atoms with E-state index in [0.717, 1.165) is 17.8 Å². The lowest BCUT2D eigenvalue weighted by Gasteiger charge is -2.27. The van der Waals surface area contributed by atoms with Crippen molar-refractivity contribution in [1.29, 1.82) is 0 Å². The molecule has 0 radical (unpaired) electrons. The van der Waals surface area contributed by atoms with Crippen LogP contribution >= 0.6 is 0 Å². The molecule has 0 amide bonds. The van der Waals surface area contributed by atoms with Gasteiger partial charge in [0.15, 0.2) is 0 Å². The third kappa shape index (κ3) is 1.16. The number of nitrogens with one attached hydrogen (secondary N) is 1. The minimum atomic E-state index is 0.0949. The average molecular weight is 163 g/mol. The van der Waals surface area contributed by atoms with Crippen molar-refractivity contribution in [2.75, 3.05) is 5.32 Å². The monoisotopic (exact) mass is 163 g/mol. The number of hydrogen-bond donors (Lipinski definition) is 2. The van der Waals surface area contributed by atoms with Gasteiger partial charge in [-0.15, -0.1) is 0 Å².